The molecule has 262 valence electrons. The van der Waals surface area contributed by atoms with Gasteiger partial charge in [-0.15, -0.1) is 13.2 Å². The predicted molar refractivity (Wildman–Crippen MR) is 190 cm³/mol. The van der Waals surface area contributed by atoms with Crippen molar-refractivity contribution in [3.63, 3.8) is 0 Å². The largest absolute Gasteiger partial charge is 0.460 e. The van der Waals surface area contributed by atoms with Crippen LogP contribution in [0, 0.1) is 25.7 Å². The van der Waals surface area contributed by atoms with Crippen LogP contribution in [0.5, 0.6) is 0 Å². The van der Waals surface area contributed by atoms with Crippen LogP contribution in [0.4, 0.5) is 5.69 Å². The molecule has 2 N–H and O–H groups in total. The molecule has 3 aliphatic rings. The van der Waals surface area contributed by atoms with Gasteiger partial charge in [-0.2, -0.15) is 0 Å². The first-order chi connectivity index (χ1) is 23.5. The van der Waals surface area contributed by atoms with Crippen LogP contribution in [-0.4, -0.2) is 88.1 Å². The summed E-state index contributed by atoms with van der Waals surface area (Å²) in [6, 6.07) is 13.3. The lowest BCUT2D eigenvalue weighted by Crippen LogP contribution is -2.59. The van der Waals surface area contributed by atoms with Crippen molar-refractivity contribution >= 4 is 45.3 Å². The van der Waals surface area contributed by atoms with E-state index in [0.717, 1.165) is 16.7 Å². The summed E-state index contributed by atoms with van der Waals surface area (Å²) >= 11 is 3.72. The molecular weight excluding hydrogens is 690 g/mol. The fourth-order valence-corrected chi connectivity index (χ4v) is 8.79. The number of amides is 3. The van der Waals surface area contributed by atoms with Crippen LogP contribution in [0.1, 0.15) is 42.9 Å². The number of benzene rings is 2. The third-order valence-electron chi connectivity index (χ3n) is 9.92. The van der Waals surface area contributed by atoms with Gasteiger partial charge in [0.1, 0.15) is 17.7 Å². The first kappa shape index (κ1) is 36.5. The number of carbonyl (C=O) groups excluding carboxylic acids is 4. The monoisotopic (exact) mass is 735 g/mol. The van der Waals surface area contributed by atoms with E-state index in [4.69, 9.17) is 9.47 Å². The van der Waals surface area contributed by atoms with E-state index in [1.807, 2.05) is 62.4 Å². The maximum absolute atomic E-state index is 15.1. The van der Waals surface area contributed by atoms with Crippen molar-refractivity contribution in [3.05, 3.63) is 90.5 Å². The minimum Gasteiger partial charge on any atom is -0.460 e. The number of hydrogen-bond donors (Lipinski definition) is 2. The van der Waals surface area contributed by atoms with Gasteiger partial charge >= 0.3 is 5.97 Å². The number of fused-ring (bicyclic) bond motifs is 1. The van der Waals surface area contributed by atoms with E-state index in [1.54, 1.807) is 24.0 Å². The van der Waals surface area contributed by atoms with Gasteiger partial charge in [0.2, 0.25) is 11.8 Å². The highest BCUT2D eigenvalue weighted by atomic mass is 79.9. The molecule has 11 heteroatoms. The number of carbonyl (C=O) groups is 4. The molecule has 8 atom stereocenters. The second kappa shape index (κ2) is 15.4. The summed E-state index contributed by atoms with van der Waals surface area (Å²) in [4.78, 5) is 58.8. The molecule has 2 bridgehead atoms. The topological polar surface area (TPSA) is 125 Å². The van der Waals surface area contributed by atoms with Crippen molar-refractivity contribution in [1.29, 1.82) is 0 Å². The average Bonchev–Trinajstić information content (AvgIpc) is 3.68. The molecule has 49 heavy (non-hydrogen) atoms. The SMILES string of the molecule is C=CCCC(=O)NC[C@H](C)OC(=O)[C@@H]1[C@H]2O[C@@]3(CC2Br)[C@H](C(=O)N(CC=C)c2c(C)cccc2C)N([C@@H](CO)Cc2ccccc2)C(=O)[C@@H]13. The van der Waals surface area contributed by atoms with Crippen molar-refractivity contribution in [3.8, 4) is 0 Å². The fraction of sp³-hybridized carbons (Fsp3) is 0.474. The Morgan fingerprint density at radius 1 is 1.14 bits per heavy atom. The van der Waals surface area contributed by atoms with Crippen molar-refractivity contribution in [2.75, 3.05) is 24.6 Å². The zero-order valence-electron chi connectivity index (χ0n) is 28.3. The quantitative estimate of drug-likeness (QED) is 0.160. The molecule has 3 fully saturated rings. The highest BCUT2D eigenvalue weighted by Crippen LogP contribution is 2.61. The second-order valence-corrected chi connectivity index (χ2v) is 14.5. The summed E-state index contributed by atoms with van der Waals surface area (Å²) in [5.41, 5.74) is 2.00. The van der Waals surface area contributed by atoms with E-state index >= 15 is 4.79 Å². The number of aryl methyl sites for hydroxylation is 2. The molecule has 2 aromatic rings. The van der Waals surface area contributed by atoms with Crippen LogP contribution < -0.4 is 10.2 Å². The molecule has 1 spiro atoms. The molecule has 5 rings (SSSR count). The summed E-state index contributed by atoms with van der Waals surface area (Å²) in [6.07, 6.45) is 3.31. The third-order valence-corrected chi connectivity index (χ3v) is 10.8. The second-order valence-electron chi connectivity index (χ2n) is 13.3. The Labute approximate surface area is 296 Å². The Kier molecular flexibility index (Phi) is 11.5. The summed E-state index contributed by atoms with van der Waals surface area (Å²) in [7, 11) is 0. The van der Waals surface area contributed by atoms with Gasteiger partial charge in [-0.05, 0) is 56.7 Å². The molecule has 2 aromatic carbocycles. The van der Waals surface area contributed by atoms with E-state index in [-0.39, 0.29) is 36.2 Å². The molecule has 0 aromatic heterocycles. The van der Waals surface area contributed by atoms with E-state index in [1.165, 1.54) is 4.90 Å². The van der Waals surface area contributed by atoms with E-state index < -0.39 is 60.2 Å². The number of anilines is 1. The van der Waals surface area contributed by atoms with Gasteiger partial charge in [-0.3, -0.25) is 19.2 Å². The Bertz CT molecular complexity index is 1560. The number of esters is 1. The molecule has 10 nitrogen and oxygen atoms in total. The van der Waals surface area contributed by atoms with E-state index in [9.17, 15) is 19.5 Å². The molecular formula is C38H46BrN3O7. The predicted octanol–water partition coefficient (Wildman–Crippen LogP) is 4.19. The number of nitrogens with zero attached hydrogens (tertiary/aromatic N) is 2. The maximum atomic E-state index is 15.1. The molecule has 0 radical (unpaired) electrons. The zero-order chi connectivity index (χ0) is 35.5. The standard InChI is InChI=1S/C38H46BrN3O7/c1-6-8-17-29(44)40-21-25(5)48-37(47)30-31-35(45)42(27(22-43)19-26-15-10-9-11-16-26)34(38(31)20-28(39)33(30)49-38)36(46)41(18-7-2)32-23(3)13-12-14-24(32)4/h6-7,9-16,25,27-28,30-31,33-34,43H,1-2,8,17-22H2,3-5H3,(H,40,44)/t25-,27+,28?,30-,31+,33-,34-,38+/m0/s1. The number of likely N-dealkylation sites (tertiary alicyclic amines) is 1. The highest BCUT2D eigenvalue weighted by Gasteiger charge is 2.77. The van der Waals surface area contributed by atoms with Gasteiger partial charge in [-0.25, -0.2) is 0 Å². The summed E-state index contributed by atoms with van der Waals surface area (Å²) in [6.45, 7) is 13.0. The first-order valence-electron chi connectivity index (χ1n) is 16.8. The lowest BCUT2D eigenvalue weighted by atomic mass is 9.70. The normalized spacial score (nSPS) is 26.5. The molecule has 0 aliphatic carbocycles. The molecule has 3 heterocycles. The Hall–Kier alpha value is -3.80. The van der Waals surface area contributed by atoms with E-state index in [2.05, 4.69) is 34.4 Å². The number of aliphatic hydroxyl groups excluding tert-OH is 1. The third kappa shape index (κ3) is 6.98. The van der Waals surface area contributed by atoms with Crippen LogP contribution >= 0.6 is 15.9 Å². The van der Waals surface area contributed by atoms with Gasteiger partial charge in [0, 0.05) is 23.5 Å². The molecule has 3 aliphatic heterocycles. The number of para-hydroxylation sites is 1. The summed E-state index contributed by atoms with van der Waals surface area (Å²) in [5.74, 6) is -3.64. The van der Waals surface area contributed by atoms with Gasteiger partial charge < -0.3 is 29.7 Å². The number of nitrogens with one attached hydrogen (secondary N) is 1. The van der Waals surface area contributed by atoms with Gasteiger partial charge in [0.05, 0.1) is 37.1 Å². The maximum Gasteiger partial charge on any atom is 0.312 e. The van der Waals surface area contributed by atoms with Crippen LogP contribution in [-0.2, 0) is 35.1 Å². The number of aliphatic hydroxyl groups is 1. The molecule has 3 amide bonds. The zero-order valence-corrected chi connectivity index (χ0v) is 29.9. The lowest BCUT2D eigenvalue weighted by Gasteiger charge is -2.40. The molecule has 3 saturated heterocycles. The number of rotatable bonds is 15. The number of allylic oxidation sites excluding steroid dienone is 1. The van der Waals surface area contributed by atoms with Crippen LogP contribution in [0.25, 0.3) is 0 Å². The summed E-state index contributed by atoms with van der Waals surface area (Å²) in [5, 5.41) is 13.6. The number of ether oxygens (including phenoxy) is 2. The highest BCUT2D eigenvalue weighted by molar-refractivity contribution is 9.09. The van der Waals surface area contributed by atoms with Crippen molar-refractivity contribution in [2.45, 2.75) is 81.2 Å². The molecule has 1 unspecified atom stereocenters. The number of hydrogen-bond acceptors (Lipinski definition) is 7. The van der Waals surface area contributed by atoms with Crippen LogP contribution in [0.15, 0.2) is 73.8 Å². The first-order valence-corrected chi connectivity index (χ1v) is 17.8. The van der Waals surface area contributed by atoms with Crippen molar-refractivity contribution in [2.24, 2.45) is 11.8 Å². The summed E-state index contributed by atoms with van der Waals surface area (Å²) < 4.78 is 12.6. The fourth-order valence-electron chi connectivity index (χ4n) is 7.84. The number of alkyl halides is 1. The van der Waals surface area contributed by atoms with Gasteiger partial charge in [0.25, 0.3) is 5.91 Å². The van der Waals surface area contributed by atoms with Gasteiger partial charge in [-0.1, -0.05) is 76.6 Å². The van der Waals surface area contributed by atoms with Crippen LogP contribution in [0.2, 0.25) is 0 Å². The minimum absolute atomic E-state index is 0.102. The van der Waals surface area contributed by atoms with Crippen molar-refractivity contribution < 1.29 is 33.8 Å². The molecule has 0 saturated carbocycles. The van der Waals surface area contributed by atoms with Crippen molar-refractivity contribution in [1.82, 2.24) is 10.2 Å². The van der Waals surface area contributed by atoms with E-state index in [0.29, 0.717) is 24.9 Å². The Morgan fingerprint density at radius 3 is 2.47 bits per heavy atom. The van der Waals surface area contributed by atoms with Gasteiger partial charge in [0.15, 0.2) is 0 Å². The average molecular weight is 737 g/mol. The minimum atomic E-state index is -1.36. The Morgan fingerprint density at radius 2 is 1.84 bits per heavy atom. The smallest absolute Gasteiger partial charge is 0.312 e. The van der Waals surface area contributed by atoms with Crippen LogP contribution in [0.3, 0.4) is 0 Å². The lowest BCUT2D eigenvalue weighted by molar-refractivity contribution is -0.159. The number of halogens is 1. The Balaban J connectivity index is 1.53.